The van der Waals surface area contributed by atoms with Gasteiger partial charge in [0.15, 0.2) is 0 Å². The van der Waals surface area contributed by atoms with Crippen LogP contribution in [0.2, 0.25) is 0 Å². The van der Waals surface area contributed by atoms with Gasteiger partial charge in [0.2, 0.25) is 0 Å². The SMILES string of the molecule is CCCN(CCC)Cc1cc(C)c(=O)n2c(-c3c(C)cc(C)cc3C)cccc12. The third kappa shape index (κ3) is 4.30. The van der Waals surface area contributed by atoms with Gasteiger partial charge < -0.3 is 0 Å². The predicted molar refractivity (Wildman–Crippen MR) is 124 cm³/mol. The average Bonchev–Trinajstić information content (AvgIpc) is 2.65. The van der Waals surface area contributed by atoms with Crippen molar-refractivity contribution in [2.75, 3.05) is 13.1 Å². The van der Waals surface area contributed by atoms with Crippen molar-refractivity contribution >= 4 is 5.52 Å². The lowest BCUT2D eigenvalue weighted by atomic mass is 9.96. The number of rotatable bonds is 7. The van der Waals surface area contributed by atoms with Crippen LogP contribution in [0.5, 0.6) is 0 Å². The molecule has 3 heteroatoms. The van der Waals surface area contributed by atoms with Crippen molar-refractivity contribution in [2.45, 2.75) is 60.9 Å². The summed E-state index contributed by atoms with van der Waals surface area (Å²) < 4.78 is 1.94. The molecular formula is C26H34N2O. The second-order valence-corrected chi connectivity index (χ2v) is 8.34. The van der Waals surface area contributed by atoms with Crippen LogP contribution in [0.15, 0.2) is 41.2 Å². The number of benzene rings is 1. The Morgan fingerprint density at radius 1 is 0.862 bits per heavy atom. The normalized spacial score (nSPS) is 11.6. The molecule has 0 saturated carbocycles. The molecule has 0 fully saturated rings. The van der Waals surface area contributed by atoms with E-state index in [9.17, 15) is 4.79 Å². The highest BCUT2D eigenvalue weighted by Gasteiger charge is 2.16. The van der Waals surface area contributed by atoms with Gasteiger partial charge in [-0.3, -0.25) is 14.1 Å². The van der Waals surface area contributed by atoms with E-state index in [0.29, 0.717) is 0 Å². The van der Waals surface area contributed by atoms with E-state index in [4.69, 9.17) is 0 Å². The average molecular weight is 391 g/mol. The van der Waals surface area contributed by atoms with Crippen molar-refractivity contribution in [1.29, 1.82) is 0 Å². The monoisotopic (exact) mass is 390 g/mol. The van der Waals surface area contributed by atoms with Crippen LogP contribution in [0.3, 0.4) is 0 Å². The molecule has 2 heterocycles. The molecule has 0 aliphatic carbocycles. The second-order valence-electron chi connectivity index (χ2n) is 8.34. The van der Waals surface area contributed by atoms with Crippen LogP contribution in [0.25, 0.3) is 16.8 Å². The maximum Gasteiger partial charge on any atom is 0.258 e. The molecule has 0 spiro atoms. The van der Waals surface area contributed by atoms with Crippen molar-refractivity contribution in [1.82, 2.24) is 9.30 Å². The van der Waals surface area contributed by atoms with Gasteiger partial charge in [-0.15, -0.1) is 0 Å². The number of hydrogen-bond donors (Lipinski definition) is 0. The lowest BCUT2D eigenvalue weighted by molar-refractivity contribution is 0.267. The summed E-state index contributed by atoms with van der Waals surface area (Å²) in [5.41, 5.74) is 8.97. The Balaban J connectivity index is 2.26. The third-order valence-electron chi connectivity index (χ3n) is 5.66. The lowest BCUT2D eigenvalue weighted by Gasteiger charge is -2.23. The molecule has 0 bridgehead atoms. The molecule has 0 saturated heterocycles. The Morgan fingerprint density at radius 3 is 2.07 bits per heavy atom. The van der Waals surface area contributed by atoms with Crippen molar-refractivity contribution < 1.29 is 0 Å². The molecule has 3 aromatic rings. The first kappa shape index (κ1) is 21.3. The molecule has 1 aromatic carbocycles. The van der Waals surface area contributed by atoms with E-state index in [-0.39, 0.29) is 5.56 Å². The van der Waals surface area contributed by atoms with Crippen LogP contribution >= 0.6 is 0 Å². The van der Waals surface area contributed by atoms with E-state index >= 15 is 0 Å². The van der Waals surface area contributed by atoms with E-state index in [2.05, 4.69) is 75.9 Å². The second kappa shape index (κ2) is 8.96. The number of aromatic nitrogens is 1. The van der Waals surface area contributed by atoms with Gasteiger partial charge in [-0.05, 0) is 88.5 Å². The van der Waals surface area contributed by atoms with Gasteiger partial charge in [0.25, 0.3) is 5.56 Å². The minimum absolute atomic E-state index is 0.0799. The Hall–Kier alpha value is -2.39. The zero-order valence-electron chi connectivity index (χ0n) is 18.8. The first-order valence-corrected chi connectivity index (χ1v) is 10.8. The van der Waals surface area contributed by atoms with Gasteiger partial charge in [-0.2, -0.15) is 0 Å². The van der Waals surface area contributed by atoms with Gasteiger partial charge in [0.1, 0.15) is 0 Å². The fraction of sp³-hybridized carbons (Fsp3) is 0.423. The summed E-state index contributed by atoms with van der Waals surface area (Å²) >= 11 is 0. The maximum absolute atomic E-state index is 13.3. The molecule has 0 atom stereocenters. The molecule has 0 amide bonds. The van der Waals surface area contributed by atoms with Crippen LogP contribution in [-0.2, 0) is 6.54 Å². The van der Waals surface area contributed by atoms with Crippen LogP contribution < -0.4 is 5.56 Å². The molecule has 0 aliphatic rings. The Bertz CT molecular complexity index is 1050. The summed E-state index contributed by atoms with van der Waals surface area (Å²) in [5.74, 6) is 0. The molecule has 0 aliphatic heterocycles. The molecular weight excluding hydrogens is 356 g/mol. The topological polar surface area (TPSA) is 24.7 Å². The number of hydrogen-bond acceptors (Lipinski definition) is 2. The molecule has 0 radical (unpaired) electrons. The fourth-order valence-electron chi connectivity index (χ4n) is 4.60. The Morgan fingerprint density at radius 2 is 1.48 bits per heavy atom. The van der Waals surface area contributed by atoms with Crippen molar-refractivity contribution in [3.05, 3.63) is 74.6 Å². The molecule has 3 rings (SSSR count). The smallest absolute Gasteiger partial charge is 0.258 e. The standard InChI is InChI=1S/C26H34N2O/c1-7-12-27(13-8-2)17-22-16-21(6)26(29)28-23(22)10-9-11-24(28)25-19(4)14-18(3)15-20(25)5/h9-11,14-16H,7-8,12-13,17H2,1-6H3. The zero-order valence-corrected chi connectivity index (χ0v) is 18.8. The minimum Gasteiger partial charge on any atom is -0.299 e. The van der Waals surface area contributed by atoms with E-state index in [1.54, 1.807) is 0 Å². The van der Waals surface area contributed by atoms with Crippen molar-refractivity contribution in [2.24, 2.45) is 0 Å². The fourth-order valence-corrected chi connectivity index (χ4v) is 4.60. The Kier molecular flexibility index (Phi) is 6.59. The van der Waals surface area contributed by atoms with Gasteiger partial charge in [-0.1, -0.05) is 37.6 Å². The molecule has 0 unspecified atom stereocenters. The van der Waals surface area contributed by atoms with Crippen LogP contribution in [0.1, 0.15) is 54.5 Å². The van der Waals surface area contributed by atoms with Gasteiger partial charge >= 0.3 is 0 Å². The van der Waals surface area contributed by atoms with Gasteiger partial charge in [-0.25, -0.2) is 0 Å². The van der Waals surface area contributed by atoms with E-state index < -0.39 is 0 Å². The summed E-state index contributed by atoms with van der Waals surface area (Å²) in [6.07, 6.45) is 2.27. The summed E-state index contributed by atoms with van der Waals surface area (Å²) in [6.45, 7) is 15.8. The van der Waals surface area contributed by atoms with Crippen LogP contribution in [0, 0.1) is 27.7 Å². The number of aryl methyl sites for hydroxylation is 4. The molecule has 2 aromatic heterocycles. The zero-order chi connectivity index (χ0) is 21.1. The number of nitrogens with zero attached hydrogens (tertiary/aromatic N) is 2. The lowest BCUT2D eigenvalue weighted by Crippen LogP contribution is -2.27. The highest BCUT2D eigenvalue weighted by molar-refractivity contribution is 5.72. The largest absolute Gasteiger partial charge is 0.299 e. The molecule has 3 nitrogen and oxygen atoms in total. The first-order valence-electron chi connectivity index (χ1n) is 10.8. The van der Waals surface area contributed by atoms with Crippen molar-refractivity contribution in [3.63, 3.8) is 0 Å². The van der Waals surface area contributed by atoms with Gasteiger partial charge in [0.05, 0.1) is 11.2 Å². The first-order chi connectivity index (χ1) is 13.9. The van der Waals surface area contributed by atoms with Crippen molar-refractivity contribution in [3.8, 4) is 11.3 Å². The highest BCUT2D eigenvalue weighted by atomic mass is 16.1. The molecule has 29 heavy (non-hydrogen) atoms. The van der Waals surface area contributed by atoms with E-state index in [1.165, 1.54) is 27.8 Å². The number of pyridine rings is 2. The number of fused-ring (bicyclic) bond motifs is 1. The molecule has 0 N–H and O–H groups in total. The molecule has 154 valence electrons. The predicted octanol–water partition coefficient (Wildman–Crippen LogP) is 5.82. The quantitative estimate of drug-likeness (QED) is 0.507. The van der Waals surface area contributed by atoms with Crippen LogP contribution in [-0.4, -0.2) is 22.4 Å². The third-order valence-corrected chi connectivity index (χ3v) is 5.66. The maximum atomic E-state index is 13.3. The van der Waals surface area contributed by atoms with Gasteiger partial charge in [0, 0.05) is 17.7 Å². The van der Waals surface area contributed by atoms with E-state index in [0.717, 1.165) is 49.2 Å². The van der Waals surface area contributed by atoms with E-state index in [1.807, 2.05) is 11.3 Å². The minimum atomic E-state index is 0.0799. The summed E-state index contributed by atoms with van der Waals surface area (Å²) in [5, 5.41) is 0. The Labute approximate surface area is 175 Å². The summed E-state index contributed by atoms with van der Waals surface area (Å²) in [4.78, 5) is 15.7. The highest BCUT2D eigenvalue weighted by Crippen LogP contribution is 2.29. The summed E-state index contributed by atoms with van der Waals surface area (Å²) in [7, 11) is 0. The van der Waals surface area contributed by atoms with Crippen LogP contribution in [0.4, 0.5) is 0 Å². The summed E-state index contributed by atoms with van der Waals surface area (Å²) in [6, 6.07) is 12.8.